The average molecular weight is 319 g/mol. The van der Waals surface area contributed by atoms with E-state index in [0.29, 0.717) is 6.04 Å². The van der Waals surface area contributed by atoms with Gasteiger partial charge in [-0.3, -0.25) is 4.98 Å². The highest BCUT2D eigenvalue weighted by atomic mass is 79.9. The number of pyridine rings is 1. The molecule has 100 valence electrons. The van der Waals surface area contributed by atoms with Gasteiger partial charge in [0.25, 0.3) is 0 Å². The van der Waals surface area contributed by atoms with Gasteiger partial charge in [0.1, 0.15) is 0 Å². The standard InChI is InChI=1S/C16H19BrN2/c1-3-18-16(13-6-4-5-12(2)9-13)10-15-8-7-14(17)11-19-15/h4-9,11,16,18H,3,10H2,1-2H3. The first-order valence-corrected chi connectivity index (χ1v) is 7.38. The van der Waals surface area contributed by atoms with Gasteiger partial charge in [0.15, 0.2) is 0 Å². The predicted molar refractivity (Wildman–Crippen MR) is 83.2 cm³/mol. The SMILES string of the molecule is CCNC(Cc1ccc(Br)cn1)c1cccc(C)c1. The van der Waals surface area contributed by atoms with Crippen molar-refractivity contribution in [2.45, 2.75) is 26.3 Å². The van der Waals surface area contributed by atoms with Crippen molar-refractivity contribution in [1.82, 2.24) is 10.3 Å². The van der Waals surface area contributed by atoms with Gasteiger partial charge in [0.2, 0.25) is 0 Å². The summed E-state index contributed by atoms with van der Waals surface area (Å²) < 4.78 is 1.02. The van der Waals surface area contributed by atoms with Crippen LogP contribution in [0.25, 0.3) is 0 Å². The van der Waals surface area contributed by atoms with Gasteiger partial charge in [0.05, 0.1) is 0 Å². The number of aryl methyl sites for hydroxylation is 1. The van der Waals surface area contributed by atoms with Crippen LogP contribution in [0.3, 0.4) is 0 Å². The normalized spacial score (nSPS) is 12.4. The van der Waals surface area contributed by atoms with Crippen LogP contribution in [-0.4, -0.2) is 11.5 Å². The second-order valence-corrected chi connectivity index (χ2v) is 5.61. The van der Waals surface area contributed by atoms with Gasteiger partial charge in [-0.25, -0.2) is 0 Å². The largest absolute Gasteiger partial charge is 0.310 e. The summed E-state index contributed by atoms with van der Waals surface area (Å²) in [6.45, 7) is 5.22. The van der Waals surface area contributed by atoms with Gasteiger partial charge in [0, 0.05) is 28.8 Å². The Hall–Kier alpha value is -1.19. The molecule has 0 aliphatic carbocycles. The van der Waals surface area contributed by atoms with Crippen LogP contribution < -0.4 is 5.32 Å². The van der Waals surface area contributed by atoms with E-state index in [1.54, 1.807) is 0 Å². The summed E-state index contributed by atoms with van der Waals surface area (Å²) in [7, 11) is 0. The Morgan fingerprint density at radius 1 is 1.26 bits per heavy atom. The van der Waals surface area contributed by atoms with Crippen molar-refractivity contribution in [3.63, 3.8) is 0 Å². The van der Waals surface area contributed by atoms with Crippen LogP contribution >= 0.6 is 15.9 Å². The Morgan fingerprint density at radius 2 is 2.11 bits per heavy atom. The first-order chi connectivity index (χ1) is 9.19. The highest BCUT2D eigenvalue weighted by molar-refractivity contribution is 9.10. The molecule has 1 unspecified atom stereocenters. The number of hydrogen-bond acceptors (Lipinski definition) is 2. The Balaban J connectivity index is 2.18. The molecule has 0 bridgehead atoms. The molecule has 0 amide bonds. The molecule has 1 aromatic heterocycles. The van der Waals surface area contributed by atoms with Crippen LogP contribution in [0.1, 0.15) is 29.8 Å². The molecule has 19 heavy (non-hydrogen) atoms. The van der Waals surface area contributed by atoms with Crippen LogP contribution in [0.4, 0.5) is 0 Å². The summed E-state index contributed by atoms with van der Waals surface area (Å²) >= 11 is 3.42. The van der Waals surface area contributed by atoms with Gasteiger partial charge >= 0.3 is 0 Å². The third-order valence-corrected chi connectivity index (χ3v) is 3.57. The van der Waals surface area contributed by atoms with E-state index in [-0.39, 0.29) is 0 Å². The van der Waals surface area contributed by atoms with E-state index in [9.17, 15) is 0 Å². The zero-order valence-electron chi connectivity index (χ0n) is 11.4. The van der Waals surface area contributed by atoms with Crippen LogP contribution in [0.2, 0.25) is 0 Å². The highest BCUT2D eigenvalue weighted by Gasteiger charge is 2.11. The van der Waals surface area contributed by atoms with Crippen molar-refractivity contribution in [2.75, 3.05) is 6.54 Å². The van der Waals surface area contributed by atoms with Crippen molar-refractivity contribution in [3.8, 4) is 0 Å². The van der Waals surface area contributed by atoms with Gasteiger partial charge in [-0.15, -0.1) is 0 Å². The first-order valence-electron chi connectivity index (χ1n) is 6.59. The fourth-order valence-electron chi connectivity index (χ4n) is 2.18. The first kappa shape index (κ1) is 14.2. The lowest BCUT2D eigenvalue weighted by molar-refractivity contribution is 0.544. The molecule has 0 aliphatic rings. The summed E-state index contributed by atoms with van der Waals surface area (Å²) in [5, 5.41) is 3.54. The lowest BCUT2D eigenvalue weighted by atomic mass is 10.00. The van der Waals surface area contributed by atoms with Gasteiger partial charge in [-0.1, -0.05) is 36.8 Å². The summed E-state index contributed by atoms with van der Waals surface area (Å²) in [5.74, 6) is 0. The second kappa shape index (κ2) is 6.83. The zero-order valence-corrected chi connectivity index (χ0v) is 12.9. The minimum absolute atomic E-state index is 0.318. The summed E-state index contributed by atoms with van der Waals surface area (Å²) in [6.07, 6.45) is 2.76. The van der Waals surface area contributed by atoms with E-state index in [2.05, 4.69) is 70.4 Å². The quantitative estimate of drug-likeness (QED) is 0.899. The summed E-state index contributed by atoms with van der Waals surface area (Å²) in [5.41, 5.74) is 3.73. The molecule has 2 aromatic rings. The fraction of sp³-hybridized carbons (Fsp3) is 0.312. The number of rotatable bonds is 5. The Morgan fingerprint density at radius 3 is 2.74 bits per heavy atom. The molecule has 0 radical (unpaired) electrons. The number of likely N-dealkylation sites (N-methyl/N-ethyl adjacent to an activating group) is 1. The van der Waals surface area contributed by atoms with Gasteiger partial charge in [-0.05, 0) is 47.1 Å². The number of benzene rings is 1. The predicted octanol–water partition coefficient (Wildman–Crippen LogP) is 4.05. The third-order valence-electron chi connectivity index (χ3n) is 3.10. The molecule has 2 rings (SSSR count). The Bertz CT molecular complexity index is 523. The molecule has 0 aliphatic heterocycles. The number of aromatic nitrogens is 1. The summed E-state index contributed by atoms with van der Waals surface area (Å²) in [4.78, 5) is 4.46. The van der Waals surface area contributed by atoms with Crippen LogP contribution in [-0.2, 0) is 6.42 Å². The van der Waals surface area contributed by atoms with Crippen molar-refractivity contribution in [2.24, 2.45) is 0 Å². The maximum atomic E-state index is 4.46. The molecule has 0 spiro atoms. The molecule has 1 atom stereocenters. The van der Waals surface area contributed by atoms with Crippen molar-refractivity contribution in [3.05, 3.63) is 63.9 Å². The van der Waals surface area contributed by atoms with Crippen molar-refractivity contribution in [1.29, 1.82) is 0 Å². The Labute approximate surface area is 123 Å². The molecular weight excluding hydrogens is 300 g/mol. The monoisotopic (exact) mass is 318 g/mol. The van der Waals surface area contributed by atoms with Crippen LogP contribution in [0, 0.1) is 6.92 Å². The van der Waals surface area contributed by atoms with E-state index in [1.165, 1.54) is 11.1 Å². The smallest absolute Gasteiger partial charge is 0.0423 e. The van der Waals surface area contributed by atoms with Crippen LogP contribution in [0.5, 0.6) is 0 Å². The topological polar surface area (TPSA) is 24.9 Å². The van der Waals surface area contributed by atoms with E-state index < -0.39 is 0 Å². The third kappa shape index (κ3) is 4.15. The highest BCUT2D eigenvalue weighted by Crippen LogP contribution is 2.19. The van der Waals surface area contributed by atoms with Crippen molar-refractivity contribution >= 4 is 15.9 Å². The Kier molecular flexibility index (Phi) is 5.11. The summed E-state index contributed by atoms with van der Waals surface area (Å²) in [6, 6.07) is 13.1. The van der Waals surface area contributed by atoms with Gasteiger partial charge in [-0.2, -0.15) is 0 Å². The number of nitrogens with one attached hydrogen (secondary N) is 1. The second-order valence-electron chi connectivity index (χ2n) is 4.70. The van der Waals surface area contributed by atoms with E-state index in [4.69, 9.17) is 0 Å². The maximum Gasteiger partial charge on any atom is 0.0423 e. The van der Waals surface area contributed by atoms with E-state index in [1.807, 2.05) is 12.3 Å². The molecular formula is C16H19BrN2. The zero-order chi connectivity index (χ0) is 13.7. The fourth-order valence-corrected chi connectivity index (χ4v) is 2.41. The molecule has 1 heterocycles. The van der Waals surface area contributed by atoms with Crippen LogP contribution in [0.15, 0.2) is 47.1 Å². The lowest BCUT2D eigenvalue weighted by Gasteiger charge is -2.18. The number of halogens is 1. The molecule has 2 nitrogen and oxygen atoms in total. The van der Waals surface area contributed by atoms with E-state index in [0.717, 1.165) is 23.1 Å². The molecule has 1 aromatic carbocycles. The number of nitrogens with zero attached hydrogens (tertiary/aromatic N) is 1. The molecule has 1 N–H and O–H groups in total. The minimum atomic E-state index is 0.318. The molecule has 0 saturated carbocycles. The molecule has 0 fully saturated rings. The van der Waals surface area contributed by atoms with Gasteiger partial charge < -0.3 is 5.32 Å². The molecule has 0 saturated heterocycles. The van der Waals surface area contributed by atoms with E-state index >= 15 is 0 Å². The maximum absolute atomic E-state index is 4.46. The minimum Gasteiger partial charge on any atom is -0.310 e. The average Bonchev–Trinajstić information content (AvgIpc) is 2.41. The van der Waals surface area contributed by atoms with Crippen molar-refractivity contribution < 1.29 is 0 Å². The lowest BCUT2D eigenvalue weighted by Crippen LogP contribution is -2.23. The molecule has 3 heteroatoms. The number of hydrogen-bond donors (Lipinski definition) is 1.